The zero-order valence-electron chi connectivity index (χ0n) is 11.8. The summed E-state index contributed by atoms with van der Waals surface area (Å²) in [4.78, 5) is 15.9. The number of anilines is 1. The summed E-state index contributed by atoms with van der Waals surface area (Å²) in [6.07, 6.45) is 1.18. The van der Waals surface area contributed by atoms with Gasteiger partial charge < -0.3 is 10.5 Å². The number of fused-ring (bicyclic) bond motifs is 1. The molecule has 1 aromatic carbocycles. The van der Waals surface area contributed by atoms with E-state index >= 15 is 0 Å². The highest BCUT2D eigenvalue weighted by Gasteiger charge is 2.16. The van der Waals surface area contributed by atoms with Crippen molar-refractivity contribution in [2.45, 2.75) is 6.92 Å². The first-order chi connectivity index (χ1) is 11.0. The Morgan fingerprint density at radius 1 is 1.04 bits per heavy atom. The zero-order chi connectivity index (χ0) is 16.6. The van der Waals surface area contributed by atoms with Crippen LogP contribution in [0.25, 0.3) is 22.4 Å². The second-order valence-corrected chi connectivity index (χ2v) is 4.49. The van der Waals surface area contributed by atoms with Crippen LogP contribution in [0.5, 0.6) is 5.88 Å². The predicted molar refractivity (Wildman–Crippen MR) is 76.0 cm³/mol. The molecule has 2 aromatic heterocycles. The smallest absolute Gasteiger partial charge is 0.247 e. The molecule has 0 saturated carbocycles. The Morgan fingerprint density at radius 2 is 1.78 bits per heavy atom. The van der Waals surface area contributed by atoms with Gasteiger partial charge >= 0.3 is 0 Å². The van der Waals surface area contributed by atoms with E-state index in [1.807, 2.05) is 0 Å². The summed E-state index contributed by atoms with van der Waals surface area (Å²) in [5.74, 6) is -3.42. The third-order valence-corrected chi connectivity index (χ3v) is 2.96. The quantitative estimate of drug-likeness (QED) is 0.746. The molecule has 0 aliphatic rings. The van der Waals surface area contributed by atoms with E-state index in [0.29, 0.717) is 12.1 Å². The Labute approximate surface area is 128 Å². The third-order valence-electron chi connectivity index (χ3n) is 2.96. The van der Waals surface area contributed by atoms with Crippen molar-refractivity contribution in [2.24, 2.45) is 0 Å². The maximum absolute atomic E-state index is 13.9. The Hall–Kier alpha value is -2.97. The SMILES string of the molecule is CCOc1nc(N)nc2ncc(-c3cc(F)c(F)cc3F)nc12. The van der Waals surface area contributed by atoms with Crippen LogP contribution in [0.4, 0.5) is 19.1 Å². The lowest BCUT2D eigenvalue weighted by Crippen LogP contribution is -2.04. The molecule has 6 nitrogen and oxygen atoms in total. The van der Waals surface area contributed by atoms with Gasteiger partial charge in [0, 0.05) is 11.6 Å². The second-order valence-electron chi connectivity index (χ2n) is 4.49. The Bertz CT molecular complexity index is 903. The lowest BCUT2D eigenvalue weighted by molar-refractivity contribution is 0.330. The Balaban J connectivity index is 2.22. The average molecular weight is 321 g/mol. The summed E-state index contributed by atoms with van der Waals surface area (Å²) >= 11 is 0. The predicted octanol–water partition coefficient (Wildman–Crippen LogP) is 2.49. The summed E-state index contributed by atoms with van der Waals surface area (Å²) in [5.41, 5.74) is 5.58. The molecule has 2 heterocycles. The lowest BCUT2D eigenvalue weighted by Gasteiger charge is -2.08. The van der Waals surface area contributed by atoms with Crippen molar-refractivity contribution in [1.82, 2.24) is 19.9 Å². The van der Waals surface area contributed by atoms with Crippen molar-refractivity contribution in [3.8, 4) is 17.1 Å². The highest BCUT2D eigenvalue weighted by Crippen LogP contribution is 2.27. The van der Waals surface area contributed by atoms with Gasteiger partial charge in [-0.2, -0.15) is 9.97 Å². The van der Waals surface area contributed by atoms with Crippen LogP contribution in [0, 0.1) is 17.5 Å². The van der Waals surface area contributed by atoms with Crippen LogP contribution < -0.4 is 10.5 Å². The van der Waals surface area contributed by atoms with Crippen LogP contribution in [0.1, 0.15) is 6.92 Å². The number of ether oxygens (including phenoxy) is 1. The molecular formula is C14H10F3N5O. The Morgan fingerprint density at radius 3 is 2.52 bits per heavy atom. The van der Waals surface area contributed by atoms with Crippen LogP contribution in [-0.2, 0) is 0 Å². The number of nitrogen functional groups attached to an aromatic ring is 1. The van der Waals surface area contributed by atoms with E-state index in [0.717, 1.165) is 0 Å². The Kier molecular flexibility index (Phi) is 3.68. The summed E-state index contributed by atoms with van der Waals surface area (Å²) in [6.45, 7) is 2.02. The number of aromatic nitrogens is 4. The van der Waals surface area contributed by atoms with Gasteiger partial charge in [0.05, 0.1) is 18.5 Å². The van der Waals surface area contributed by atoms with Crippen molar-refractivity contribution in [1.29, 1.82) is 0 Å². The zero-order valence-corrected chi connectivity index (χ0v) is 11.8. The van der Waals surface area contributed by atoms with Gasteiger partial charge in [-0.3, -0.25) is 0 Å². The number of nitrogens with two attached hydrogens (primary N) is 1. The average Bonchev–Trinajstić information content (AvgIpc) is 2.51. The van der Waals surface area contributed by atoms with E-state index in [1.165, 1.54) is 6.20 Å². The molecule has 0 unspecified atom stereocenters. The van der Waals surface area contributed by atoms with Gasteiger partial charge in [-0.1, -0.05) is 0 Å². The summed E-state index contributed by atoms with van der Waals surface area (Å²) < 4.78 is 45.6. The maximum Gasteiger partial charge on any atom is 0.247 e. The van der Waals surface area contributed by atoms with Crippen LogP contribution in [0.3, 0.4) is 0 Å². The number of nitrogens with zero attached hydrogens (tertiary/aromatic N) is 4. The van der Waals surface area contributed by atoms with E-state index in [4.69, 9.17) is 10.5 Å². The molecule has 0 saturated heterocycles. The highest BCUT2D eigenvalue weighted by molar-refractivity contribution is 5.79. The molecule has 3 aromatic rings. The molecule has 2 N–H and O–H groups in total. The fourth-order valence-electron chi connectivity index (χ4n) is 1.98. The molecule has 9 heteroatoms. The number of hydrogen-bond donors (Lipinski definition) is 1. The van der Waals surface area contributed by atoms with Crippen LogP contribution in [-0.4, -0.2) is 26.5 Å². The standard InChI is InChI=1S/C14H10F3N5O/c1-2-23-13-11-12(21-14(18)22-13)19-5-10(20-11)6-3-8(16)9(17)4-7(6)15/h3-5H,2H2,1H3,(H2,18,19,21,22). The van der Waals surface area contributed by atoms with Gasteiger partial charge in [-0.15, -0.1) is 0 Å². The van der Waals surface area contributed by atoms with E-state index in [-0.39, 0.29) is 40.9 Å². The lowest BCUT2D eigenvalue weighted by atomic mass is 10.1. The molecule has 0 aliphatic heterocycles. The van der Waals surface area contributed by atoms with Crippen molar-refractivity contribution in [3.63, 3.8) is 0 Å². The third kappa shape index (κ3) is 2.72. The molecule has 3 rings (SSSR count). The van der Waals surface area contributed by atoms with Crippen LogP contribution in [0.2, 0.25) is 0 Å². The van der Waals surface area contributed by atoms with Crippen molar-refractivity contribution in [2.75, 3.05) is 12.3 Å². The van der Waals surface area contributed by atoms with Crippen molar-refractivity contribution >= 4 is 17.1 Å². The van der Waals surface area contributed by atoms with E-state index in [1.54, 1.807) is 6.92 Å². The summed E-state index contributed by atoms with van der Waals surface area (Å²) in [6, 6.07) is 1.15. The van der Waals surface area contributed by atoms with Gasteiger partial charge in [0.25, 0.3) is 0 Å². The molecule has 0 amide bonds. The van der Waals surface area contributed by atoms with Gasteiger partial charge in [-0.25, -0.2) is 23.1 Å². The fourth-order valence-corrected chi connectivity index (χ4v) is 1.98. The first-order valence-corrected chi connectivity index (χ1v) is 6.57. The minimum Gasteiger partial charge on any atom is -0.476 e. The molecule has 0 fully saturated rings. The number of hydrogen-bond acceptors (Lipinski definition) is 6. The molecule has 23 heavy (non-hydrogen) atoms. The molecular weight excluding hydrogens is 311 g/mol. The molecule has 0 spiro atoms. The van der Waals surface area contributed by atoms with Gasteiger partial charge in [0.1, 0.15) is 5.82 Å². The first-order valence-electron chi connectivity index (χ1n) is 6.57. The second kappa shape index (κ2) is 5.67. The van der Waals surface area contributed by atoms with Crippen LogP contribution >= 0.6 is 0 Å². The molecule has 0 bridgehead atoms. The van der Waals surface area contributed by atoms with Crippen LogP contribution in [0.15, 0.2) is 18.3 Å². The first kappa shape index (κ1) is 14.9. The number of rotatable bonds is 3. The molecule has 0 radical (unpaired) electrons. The normalized spacial score (nSPS) is 11.0. The van der Waals surface area contributed by atoms with E-state index < -0.39 is 17.5 Å². The van der Waals surface area contributed by atoms with Crippen molar-refractivity contribution in [3.05, 3.63) is 35.8 Å². The minimum absolute atomic E-state index is 0.0109. The molecule has 0 atom stereocenters. The van der Waals surface area contributed by atoms with Gasteiger partial charge in [0.2, 0.25) is 11.8 Å². The van der Waals surface area contributed by atoms with Gasteiger partial charge in [0.15, 0.2) is 22.8 Å². The topological polar surface area (TPSA) is 86.8 Å². The number of benzene rings is 1. The highest BCUT2D eigenvalue weighted by atomic mass is 19.2. The monoisotopic (exact) mass is 321 g/mol. The van der Waals surface area contributed by atoms with E-state index in [2.05, 4.69) is 19.9 Å². The number of halogens is 3. The maximum atomic E-state index is 13.9. The summed E-state index contributed by atoms with van der Waals surface area (Å²) in [7, 11) is 0. The minimum atomic E-state index is -1.29. The molecule has 118 valence electrons. The van der Waals surface area contributed by atoms with Gasteiger partial charge in [-0.05, 0) is 13.0 Å². The van der Waals surface area contributed by atoms with E-state index in [9.17, 15) is 13.2 Å². The summed E-state index contributed by atoms with van der Waals surface area (Å²) in [5, 5.41) is 0. The largest absolute Gasteiger partial charge is 0.476 e. The van der Waals surface area contributed by atoms with Crippen molar-refractivity contribution < 1.29 is 17.9 Å². The fraction of sp³-hybridized carbons (Fsp3) is 0.143. The molecule has 0 aliphatic carbocycles.